The SMILES string of the molecule is CCNC(Cc1ccc(Cl)cc1Cl)C1CCCCC1(C)C. The molecule has 1 aliphatic rings. The lowest BCUT2D eigenvalue weighted by molar-refractivity contribution is 0.0988. The fraction of sp³-hybridized carbons (Fsp3) is 0.667. The number of rotatable bonds is 5. The molecule has 0 radical (unpaired) electrons. The van der Waals surface area contributed by atoms with Gasteiger partial charge in [-0.3, -0.25) is 0 Å². The lowest BCUT2D eigenvalue weighted by Crippen LogP contribution is -2.46. The highest BCUT2D eigenvalue weighted by Gasteiger charge is 2.37. The number of hydrogen-bond acceptors (Lipinski definition) is 1. The number of benzene rings is 1. The predicted octanol–water partition coefficient (Wildman–Crippen LogP) is 5.73. The van der Waals surface area contributed by atoms with E-state index in [1.165, 1.54) is 31.2 Å². The first kappa shape index (κ1) is 17.1. The van der Waals surface area contributed by atoms with Gasteiger partial charge in [0.05, 0.1) is 0 Å². The van der Waals surface area contributed by atoms with Crippen LogP contribution in [0, 0.1) is 11.3 Å². The van der Waals surface area contributed by atoms with Gasteiger partial charge in [0.2, 0.25) is 0 Å². The maximum Gasteiger partial charge on any atom is 0.0453 e. The molecular weight excluding hydrogens is 301 g/mol. The van der Waals surface area contributed by atoms with Gasteiger partial charge < -0.3 is 5.32 Å². The largest absolute Gasteiger partial charge is 0.314 e. The van der Waals surface area contributed by atoms with Gasteiger partial charge >= 0.3 is 0 Å². The third-order valence-corrected chi connectivity index (χ3v) is 5.58. The molecule has 1 aliphatic carbocycles. The van der Waals surface area contributed by atoms with Crippen LogP contribution in [0.25, 0.3) is 0 Å². The van der Waals surface area contributed by atoms with Gasteiger partial charge in [0.1, 0.15) is 0 Å². The number of hydrogen-bond donors (Lipinski definition) is 1. The monoisotopic (exact) mass is 327 g/mol. The quantitative estimate of drug-likeness (QED) is 0.728. The van der Waals surface area contributed by atoms with Gasteiger partial charge in [-0.2, -0.15) is 0 Å². The van der Waals surface area contributed by atoms with Gasteiger partial charge in [0.15, 0.2) is 0 Å². The minimum absolute atomic E-state index is 0.407. The molecule has 118 valence electrons. The van der Waals surface area contributed by atoms with E-state index in [2.05, 4.69) is 32.2 Å². The minimum Gasteiger partial charge on any atom is -0.314 e. The van der Waals surface area contributed by atoms with Crippen LogP contribution in [-0.2, 0) is 6.42 Å². The van der Waals surface area contributed by atoms with Gasteiger partial charge in [0.25, 0.3) is 0 Å². The van der Waals surface area contributed by atoms with Crippen molar-refractivity contribution in [3.05, 3.63) is 33.8 Å². The van der Waals surface area contributed by atoms with E-state index < -0.39 is 0 Å². The molecule has 1 fully saturated rings. The first-order valence-corrected chi connectivity index (χ1v) is 8.87. The third-order valence-electron chi connectivity index (χ3n) is 5.00. The zero-order chi connectivity index (χ0) is 15.5. The van der Waals surface area contributed by atoms with Crippen LogP contribution in [-0.4, -0.2) is 12.6 Å². The molecule has 3 heteroatoms. The number of halogens is 2. The number of nitrogens with one attached hydrogen (secondary N) is 1. The molecule has 1 aromatic carbocycles. The Balaban J connectivity index is 2.18. The van der Waals surface area contributed by atoms with E-state index in [0.29, 0.717) is 22.4 Å². The molecule has 0 heterocycles. The molecule has 0 bridgehead atoms. The first-order chi connectivity index (χ1) is 9.94. The third kappa shape index (κ3) is 4.37. The Kier molecular flexibility index (Phi) is 5.99. The van der Waals surface area contributed by atoms with Crippen LogP contribution in [0.1, 0.15) is 52.0 Å². The van der Waals surface area contributed by atoms with E-state index in [1.807, 2.05) is 12.1 Å². The summed E-state index contributed by atoms with van der Waals surface area (Å²) in [4.78, 5) is 0. The van der Waals surface area contributed by atoms with Crippen LogP contribution in [0.15, 0.2) is 18.2 Å². The zero-order valence-corrected chi connectivity index (χ0v) is 14.9. The fourth-order valence-electron chi connectivity index (χ4n) is 3.81. The summed E-state index contributed by atoms with van der Waals surface area (Å²) in [5.41, 5.74) is 1.61. The second-order valence-corrected chi connectivity index (χ2v) is 7.79. The Morgan fingerprint density at radius 1 is 1.29 bits per heavy atom. The zero-order valence-electron chi connectivity index (χ0n) is 13.4. The highest BCUT2D eigenvalue weighted by Crippen LogP contribution is 2.43. The van der Waals surface area contributed by atoms with Crippen LogP contribution in [0.2, 0.25) is 10.0 Å². The Labute approximate surface area is 139 Å². The Morgan fingerprint density at radius 3 is 2.67 bits per heavy atom. The first-order valence-electron chi connectivity index (χ1n) is 8.11. The topological polar surface area (TPSA) is 12.0 Å². The molecule has 1 nitrogen and oxygen atoms in total. The van der Waals surface area contributed by atoms with Crippen LogP contribution in [0.3, 0.4) is 0 Å². The van der Waals surface area contributed by atoms with Crippen molar-refractivity contribution in [2.24, 2.45) is 11.3 Å². The van der Waals surface area contributed by atoms with Crippen molar-refractivity contribution in [2.45, 2.75) is 58.9 Å². The van der Waals surface area contributed by atoms with Crippen molar-refractivity contribution in [2.75, 3.05) is 6.54 Å². The normalized spacial score (nSPS) is 23.0. The standard InChI is InChI=1S/C18H27Cl2N/c1-4-21-17(15-7-5-6-10-18(15,2)3)11-13-8-9-14(19)12-16(13)20/h8-9,12,15,17,21H,4-7,10-11H2,1-3H3. The second-order valence-electron chi connectivity index (χ2n) is 6.94. The molecule has 2 unspecified atom stereocenters. The van der Waals surface area contributed by atoms with Crippen molar-refractivity contribution in [3.63, 3.8) is 0 Å². The summed E-state index contributed by atoms with van der Waals surface area (Å²) < 4.78 is 0. The Bertz CT molecular complexity index is 470. The van der Waals surface area contributed by atoms with E-state index in [-0.39, 0.29) is 0 Å². The Hall–Kier alpha value is -0.240. The summed E-state index contributed by atoms with van der Waals surface area (Å²) in [5, 5.41) is 5.21. The summed E-state index contributed by atoms with van der Waals surface area (Å²) >= 11 is 12.4. The van der Waals surface area contributed by atoms with Crippen molar-refractivity contribution in [1.29, 1.82) is 0 Å². The molecule has 1 saturated carbocycles. The second kappa shape index (κ2) is 7.35. The van der Waals surface area contributed by atoms with E-state index in [0.717, 1.165) is 18.0 Å². The highest BCUT2D eigenvalue weighted by molar-refractivity contribution is 6.35. The summed E-state index contributed by atoms with van der Waals surface area (Å²) in [7, 11) is 0. The molecule has 1 N–H and O–H groups in total. The average molecular weight is 328 g/mol. The maximum atomic E-state index is 6.37. The van der Waals surface area contributed by atoms with Crippen molar-refractivity contribution in [3.8, 4) is 0 Å². The van der Waals surface area contributed by atoms with E-state index in [1.54, 1.807) is 0 Å². The van der Waals surface area contributed by atoms with Crippen LogP contribution >= 0.6 is 23.2 Å². The maximum absolute atomic E-state index is 6.37. The van der Waals surface area contributed by atoms with E-state index >= 15 is 0 Å². The van der Waals surface area contributed by atoms with Crippen LogP contribution in [0.4, 0.5) is 0 Å². The molecule has 21 heavy (non-hydrogen) atoms. The van der Waals surface area contributed by atoms with Crippen molar-refractivity contribution in [1.82, 2.24) is 5.32 Å². The molecule has 0 aromatic heterocycles. The van der Waals surface area contributed by atoms with Crippen molar-refractivity contribution < 1.29 is 0 Å². The van der Waals surface area contributed by atoms with Gasteiger partial charge in [-0.05, 0) is 54.8 Å². The lowest BCUT2D eigenvalue weighted by atomic mass is 9.65. The van der Waals surface area contributed by atoms with Gasteiger partial charge in [0, 0.05) is 16.1 Å². The summed E-state index contributed by atoms with van der Waals surface area (Å²) in [5.74, 6) is 0.706. The van der Waals surface area contributed by atoms with Crippen molar-refractivity contribution >= 4 is 23.2 Å². The lowest BCUT2D eigenvalue weighted by Gasteiger charge is -2.43. The fourth-order valence-corrected chi connectivity index (χ4v) is 4.30. The molecule has 0 spiro atoms. The van der Waals surface area contributed by atoms with Gasteiger partial charge in [-0.1, -0.05) is 62.9 Å². The molecule has 0 aliphatic heterocycles. The van der Waals surface area contributed by atoms with Gasteiger partial charge in [-0.25, -0.2) is 0 Å². The molecule has 1 aromatic rings. The molecule has 2 atom stereocenters. The van der Waals surface area contributed by atoms with Crippen LogP contribution in [0.5, 0.6) is 0 Å². The highest BCUT2D eigenvalue weighted by atomic mass is 35.5. The van der Waals surface area contributed by atoms with E-state index in [9.17, 15) is 0 Å². The summed E-state index contributed by atoms with van der Waals surface area (Å²) in [6.45, 7) is 8.03. The van der Waals surface area contributed by atoms with Gasteiger partial charge in [-0.15, -0.1) is 0 Å². The minimum atomic E-state index is 0.407. The van der Waals surface area contributed by atoms with Crippen LogP contribution < -0.4 is 5.32 Å². The average Bonchev–Trinajstić information content (AvgIpc) is 2.41. The summed E-state index contributed by atoms with van der Waals surface area (Å²) in [6.07, 6.45) is 6.34. The molecule has 2 rings (SSSR count). The summed E-state index contributed by atoms with van der Waals surface area (Å²) in [6, 6.07) is 6.36. The molecule has 0 saturated heterocycles. The Morgan fingerprint density at radius 2 is 2.05 bits per heavy atom. The molecule has 0 amide bonds. The number of likely N-dealkylation sites (N-methyl/N-ethyl adjacent to an activating group) is 1. The predicted molar refractivity (Wildman–Crippen MR) is 93.4 cm³/mol. The molecular formula is C18H27Cl2N. The smallest absolute Gasteiger partial charge is 0.0453 e. The van der Waals surface area contributed by atoms with E-state index in [4.69, 9.17) is 23.2 Å².